The minimum absolute atomic E-state index is 0.332. The van der Waals surface area contributed by atoms with E-state index in [1.54, 1.807) is 0 Å². The fourth-order valence-electron chi connectivity index (χ4n) is 2.25. The molecule has 0 aliphatic carbocycles. The van der Waals surface area contributed by atoms with E-state index in [0.717, 1.165) is 45.4 Å². The van der Waals surface area contributed by atoms with Gasteiger partial charge < -0.3 is 10.6 Å². The maximum absolute atomic E-state index is 11.9. The van der Waals surface area contributed by atoms with Crippen molar-refractivity contribution in [2.24, 2.45) is 5.73 Å². The number of unbranched alkanes of at least 4 members (excludes halogenated alkanes) is 2. The lowest BCUT2D eigenvalue weighted by atomic mass is 10.1. The summed E-state index contributed by atoms with van der Waals surface area (Å²) in [5.74, 6) is 0.332. The van der Waals surface area contributed by atoms with Crippen LogP contribution in [-0.2, 0) is 4.79 Å². The molecule has 1 unspecified atom stereocenters. The van der Waals surface area contributed by atoms with Gasteiger partial charge in [-0.15, -0.1) is 0 Å². The summed E-state index contributed by atoms with van der Waals surface area (Å²) in [5.41, 5.74) is 5.66. The molecule has 0 aromatic rings. The molecule has 1 saturated heterocycles. The van der Waals surface area contributed by atoms with Crippen molar-refractivity contribution in [2.75, 3.05) is 32.7 Å². The minimum Gasteiger partial charge on any atom is -0.340 e. The van der Waals surface area contributed by atoms with Crippen molar-refractivity contribution in [2.45, 2.75) is 45.6 Å². The number of hydrogen-bond donors (Lipinski definition) is 1. The van der Waals surface area contributed by atoms with E-state index in [0.29, 0.717) is 18.5 Å². The Labute approximate surface area is 105 Å². The van der Waals surface area contributed by atoms with Gasteiger partial charge in [0.1, 0.15) is 0 Å². The summed E-state index contributed by atoms with van der Waals surface area (Å²) in [7, 11) is 0. The molecule has 4 nitrogen and oxygen atoms in total. The SMILES string of the molecule is CCCCCC(=O)N1CCN(C(C)CN)CC1. The van der Waals surface area contributed by atoms with Crippen LogP contribution in [-0.4, -0.2) is 54.5 Å². The summed E-state index contributed by atoms with van der Waals surface area (Å²) in [5, 5.41) is 0. The third-order valence-electron chi connectivity index (χ3n) is 3.63. The lowest BCUT2D eigenvalue weighted by Crippen LogP contribution is -2.52. The number of rotatable bonds is 6. The summed E-state index contributed by atoms with van der Waals surface area (Å²) in [6.45, 7) is 8.70. The quantitative estimate of drug-likeness (QED) is 0.707. The fourth-order valence-corrected chi connectivity index (χ4v) is 2.25. The zero-order chi connectivity index (χ0) is 12.7. The second-order valence-corrected chi connectivity index (χ2v) is 4.96. The Kier molecular flexibility index (Phi) is 6.52. The van der Waals surface area contributed by atoms with Crippen molar-refractivity contribution in [3.8, 4) is 0 Å². The van der Waals surface area contributed by atoms with Crippen LogP contribution in [0.3, 0.4) is 0 Å². The predicted molar refractivity (Wildman–Crippen MR) is 70.8 cm³/mol. The first-order valence-electron chi connectivity index (χ1n) is 6.91. The molecule has 0 aromatic carbocycles. The Morgan fingerprint density at radius 3 is 2.41 bits per heavy atom. The van der Waals surface area contributed by atoms with E-state index in [9.17, 15) is 4.79 Å². The molecule has 17 heavy (non-hydrogen) atoms. The predicted octanol–water partition coefficient (Wildman–Crippen LogP) is 1.06. The van der Waals surface area contributed by atoms with Crippen molar-refractivity contribution in [1.29, 1.82) is 0 Å². The van der Waals surface area contributed by atoms with Crippen LogP contribution in [0.1, 0.15) is 39.5 Å². The van der Waals surface area contributed by atoms with Gasteiger partial charge in [-0.05, 0) is 13.3 Å². The van der Waals surface area contributed by atoms with E-state index in [1.165, 1.54) is 6.42 Å². The summed E-state index contributed by atoms with van der Waals surface area (Å²) in [6, 6.07) is 0.437. The zero-order valence-corrected chi connectivity index (χ0v) is 11.3. The van der Waals surface area contributed by atoms with Gasteiger partial charge >= 0.3 is 0 Å². The number of piperazine rings is 1. The Morgan fingerprint density at radius 2 is 1.88 bits per heavy atom. The molecule has 0 aromatic heterocycles. The van der Waals surface area contributed by atoms with E-state index >= 15 is 0 Å². The molecule has 0 bridgehead atoms. The Bertz CT molecular complexity index is 225. The largest absolute Gasteiger partial charge is 0.340 e. The van der Waals surface area contributed by atoms with E-state index < -0.39 is 0 Å². The van der Waals surface area contributed by atoms with E-state index in [1.807, 2.05) is 4.90 Å². The van der Waals surface area contributed by atoms with Crippen LogP contribution in [0.15, 0.2) is 0 Å². The number of nitrogens with zero attached hydrogens (tertiary/aromatic N) is 2. The van der Waals surface area contributed by atoms with Crippen LogP contribution in [0.4, 0.5) is 0 Å². The molecule has 1 fully saturated rings. The van der Waals surface area contributed by atoms with Crippen LogP contribution >= 0.6 is 0 Å². The van der Waals surface area contributed by atoms with Gasteiger partial charge in [-0.25, -0.2) is 0 Å². The minimum atomic E-state index is 0.332. The van der Waals surface area contributed by atoms with Crippen LogP contribution < -0.4 is 5.73 Å². The van der Waals surface area contributed by atoms with Crippen LogP contribution in [0.2, 0.25) is 0 Å². The van der Waals surface area contributed by atoms with Crippen molar-refractivity contribution < 1.29 is 4.79 Å². The number of carbonyl (C=O) groups excluding carboxylic acids is 1. The van der Waals surface area contributed by atoms with Crippen molar-refractivity contribution >= 4 is 5.91 Å². The van der Waals surface area contributed by atoms with Gasteiger partial charge in [-0.1, -0.05) is 19.8 Å². The smallest absolute Gasteiger partial charge is 0.222 e. The Hall–Kier alpha value is -0.610. The molecule has 1 heterocycles. The lowest BCUT2D eigenvalue weighted by molar-refractivity contribution is -0.133. The molecule has 1 rings (SSSR count). The second kappa shape index (κ2) is 7.67. The van der Waals surface area contributed by atoms with Crippen molar-refractivity contribution in [1.82, 2.24) is 9.80 Å². The molecular weight excluding hydrogens is 214 g/mol. The number of hydrogen-bond acceptors (Lipinski definition) is 3. The summed E-state index contributed by atoms with van der Waals surface area (Å²) in [6.07, 6.45) is 4.10. The monoisotopic (exact) mass is 241 g/mol. The zero-order valence-electron chi connectivity index (χ0n) is 11.3. The molecule has 2 N–H and O–H groups in total. The molecule has 1 atom stereocenters. The molecule has 1 aliphatic rings. The third kappa shape index (κ3) is 4.64. The maximum Gasteiger partial charge on any atom is 0.222 e. The van der Waals surface area contributed by atoms with E-state index in [-0.39, 0.29) is 0 Å². The molecule has 0 spiro atoms. The van der Waals surface area contributed by atoms with Gasteiger partial charge in [-0.2, -0.15) is 0 Å². The van der Waals surface area contributed by atoms with Gasteiger partial charge in [0.25, 0.3) is 0 Å². The van der Waals surface area contributed by atoms with Crippen LogP contribution in [0, 0.1) is 0 Å². The highest BCUT2D eigenvalue weighted by atomic mass is 16.2. The first-order valence-corrected chi connectivity index (χ1v) is 6.91. The highest BCUT2D eigenvalue weighted by molar-refractivity contribution is 5.76. The van der Waals surface area contributed by atoms with E-state index in [4.69, 9.17) is 5.73 Å². The third-order valence-corrected chi connectivity index (χ3v) is 3.63. The normalized spacial score (nSPS) is 19.4. The van der Waals surface area contributed by atoms with Crippen LogP contribution in [0.25, 0.3) is 0 Å². The van der Waals surface area contributed by atoms with Gasteiger partial charge in [0.05, 0.1) is 0 Å². The standard InChI is InChI=1S/C13H27N3O/c1-3-4-5-6-13(17)16-9-7-15(8-10-16)12(2)11-14/h12H,3-11,14H2,1-2H3. The molecule has 1 amide bonds. The van der Waals surface area contributed by atoms with Gasteiger partial charge in [0, 0.05) is 45.2 Å². The second-order valence-electron chi connectivity index (χ2n) is 4.96. The first-order chi connectivity index (χ1) is 8.19. The maximum atomic E-state index is 11.9. The highest BCUT2D eigenvalue weighted by Gasteiger charge is 2.22. The molecule has 0 radical (unpaired) electrons. The Morgan fingerprint density at radius 1 is 1.24 bits per heavy atom. The Balaban J connectivity index is 2.24. The summed E-state index contributed by atoms with van der Waals surface area (Å²) >= 11 is 0. The number of carbonyl (C=O) groups is 1. The number of nitrogens with two attached hydrogens (primary N) is 1. The van der Waals surface area contributed by atoms with Gasteiger partial charge in [-0.3, -0.25) is 9.69 Å². The van der Waals surface area contributed by atoms with Gasteiger partial charge in [0.2, 0.25) is 5.91 Å². The molecule has 1 aliphatic heterocycles. The lowest BCUT2D eigenvalue weighted by Gasteiger charge is -2.37. The van der Waals surface area contributed by atoms with E-state index in [2.05, 4.69) is 18.7 Å². The first kappa shape index (κ1) is 14.5. The van der Waals surface area contributed by atoms with Crippen molar-refractivity contribution in [3.05, 3.63) is 0 Å². The molecular formula is C13H27N3O. The fraction of sp³-hybridized carbons (Fsp3) is 0.923. The molecule has 4 heteroatoms. The molecule has 100 valence electrons. The average molecular weight is 241 g/mol. The molecule has 0 saturated carbocycles. The summed E-state index contributed by atoms with van der Waals surface area (Å²) in [4.78, 5) is 16.3. The van der Waals surface area contributed by atoms with Gasteiger partial charge in [0.15, 0.2) is 0 Å². The summed E-state index contributed by atoms with van der Waals surface area (Å²) < 4.78 is 0. The van der Waals surface area contributed by atoms with Crippen LogP contribution in [0.5, 0.6) is 0 Å². The topological polar surface area (TPSA) is 49.6 Å². The average Bonchev–Trinajstić information content (AvgIpc) is 2.38. The number of amides is 1. The van der Waals surface area contributed by atoms with Crippen molar-refractivity contribution in [3.63, 3.8) is 0 Å². The highest BCUT2D eigenvalue weighted by Crippen LogP contribution is 2.09.